The Morgan fingerprint density at radius 3 is 2.49 bits per heavy atom. The van der Waals surface area contributed by atoms with Crippen molar-refractivity contribution in [3.63, 3.8) is 0 Å². The highest BCUT2D eigenvalue weighted by Gasteiger charge is 2.32. The number of nitrogens with zero attached hydrogens (tertiary/aromatic N) is 9. The average Bonchev–Trinajstić information content (AvgIpc) is 4.08. The standard InChI is InChI=1S/C44H43Cl2N11O5S.C2H6/c1-23-24(2)63-43-39(23)40(26-10-12-27(45)13-11-26)49-35(41-53-51-25(3)57(41)43)19-37(58)48-20-28-22-56(54-52-28)16-8-6-7-9-38(59)55(4)36-15-14-29(42(50-36)62-5)30-17-31-32(44(60)61)21-47-34(31)18-33(30)46;1-2/h10-15,17-18,21-22,35,47H,6-9,16,19-20H2,1-5H3,(H,48,58)(H,60,61);1-2H3. The fourth-order valence-electron chi connectivity index (χ4n) is 7.63. The zero-order valence-corrected chi connectivity index (χ0v) is 39.4. The number of anilines is 1. The van der Waals surface area contributed by atoms with Gasteiger partial charge in [0.15, 0.2) is 5.82 Å². The summed E-state index contributed by atoms with van der Waals surface area (Å²) in [5, 5.41) is 32.5. The number of thiophene rings is 1. The van der Waals surface area contributed by atoms with Crippen LogP contribution in [0.5, 0.6) is 5.88 Å². The summed E-state index contributed by atoms with van der Waals surface area (Å²) < 4.78 is 9.33. The number of nitrogens with one attached hydrogen (secondary N) is 2. The Morgan fingerprint density at radius 2 is 1.75 bits per heavy atom. The first-order valence-corrected chi connectivity index (χ1v) is 22.8. The lowest BCUT2D eigenvalue weighted by molar-refractivity contribution is -0.121. The van der Waals surface area contributed by atoms with Gasteiger partial charge in [0.1, 0.15) is 28.4 Å². The van der Waals surface area contributed by atoms with E-state index in [1.54, 1.807) is 47.3 Å². The van der Waals surface area contributed by atoms with E-state index >= 15 is 0 Å². The molecule has 6 heterocycles. The van der Waals surface area contributed by atoms with Crippen molar-refractivity contribution < 1.29 is 24.2 Å². The molecule has 0 radical (unpaired) electrons. The molecular formula is C46H49Cl2N11O5S. The van der Waals surface area contributed by atoms with Crippen LogP contribution in [0, 0.1) is 20.8 Å². The minimum atomic E-state index is -1.06. The number of aliphatic imine (C=N–C) groups is 1. The van der Waals surface area contributed by atoms with Crippen LogP contribution in [0.2, 0.25) is 10.0 Å². The molecule has 16 nitrogen and oxygen atoms in total. The van der Waals surface area contributed by atoms with E-state index in [0.29, 0.717) is 68.8 Å². The number of H-pyrrole nitrogens is 1. The fraction of sp³-hybridized carbons (Fsp3) is 0.326. The lowest BCUT2D eigenvalue weighted by Crippen LogP contribution is -2.26. The Kier molecular flexibility index (Phi) is 14.4. The molecule has 1 atom stereocenters. The van der Waals surface area contributed by atoms with Gasteiger partial charge in [0.05, 0.1) is 42.6 Å². The number of carbonyl (C=O) groups excluding carboxylic acids is 2. The number of pyridine rings is 1. The van der Waals surface area contributed by atoms with Gasteiger partial charge in [0, 0.05) is 69.3 Å². The molecule has 0 saturated heterocycles. The van der Waals surface area contributed by atoms with Gasteiger partial charge in [-0.25, -0.2) is 4.79 Å². The summed E-state index contributed by atoms with van der Waals surface area (Å²) in [6.45, 7) is 10.9. The van der Waals surface area contributed by atoms with Crippen LogP contribution < -0.4 is 15.0 Å². The molecule has 0 fully saturated rings. The van der Waals surface area contributed by atoms with Crippen molar-refractivity contribution in [1.29, 1.82) is 0 Å². The normalized spacial score (nSPS) is 13.0. The molecule has 1 aliphatic heterocycles. The number of rotatable bonds is 15. The summed E-state index contributed by atoms with van der Waals surface area (Å²) in [7, 11) is 3.13. The van der Waals surface area contributed by atoms with Gasteiger partial charge in [-0.1, -0.05) is 60.8 Å². The Morgan fingerprint density at radius 1 is 0.985 bits per heavy atom. The number of unbranched alkanes of at least 4 members (excludes halogenated alkanes) is 2. The van der Waals surface area contributed by atoms with Crippen LogP contribution in [-0.2, 0) is 22.7 Å². The highest BCUT2D eigenvalue weighted by Crippen LogP contribution is 2.41. The molecule has 0 saturated carbocycles. The first kappa shape index (κ1) is 46.6. The van der Waals surface area contributed by atoms with Gasteiger partial charge >= 0.3 is 5.97 Å². The fourth-order valence-corrected chi connectivity index (χ4v) is 9.23. The van der Waals surface area contributed by atoms with Gasteiger partial charge in [-0.2, -0.15) is 4.98 Å². The molecule has 3 N–H and O–H groups in total. The maximum absolute atomic E-state index is 13.5. The van der Waals surface area contributed by atoms with Crippen molar-refractivity contribution in [3.8, 4) is 22.0 Å². The second-order valence-electron chi connectivity index (χ2n) is 15.2. The van der Waals surface area contributed by atoms with E-state index in [1.165, 1.54) is 23.1 Å². The third-order valence-corrected chi connectivity index (χ3v) is 12.9. The van der Waals surface area contributed by atoms with Crippen molar-refractivity contribution in [2.24, 2.45) is 4.99 Å². The molecule has 2 aromatic carbocycles. The molecule has 2 amide bonds. The topological polar surface area (TPSA) is 198 Å². The molecular weight excluding hydrogens is 890 g/mol. The summed E-state index contributed by atoms with van der Waals surface area (Å²) in [4.78, 5) is 53.7. The van der Waals surface area contributed by atoms with Crippen LogP contribution in [-0.4, -0.2) is 82.5 Å². The quantitative estimate of drug-likeness (QED) is 0.0833. The molecule has 0 bridgehead atoms. The zero-order chi connectivity index (χ0) is 46.5. The smallest absolute Gasteiger partial charge is 0.337 e. The Balaban J connectivity index is 0.00000311. The van der Waals surface area contributed by atoms with E-state index in [-0.39, 0.29) is 36.2 Å². The number of carboxylic acid groups (broad SMARTS) is 1. The van der Waals surface area contributed by atoms with E-state index in [0.717, 1.165) is 46.1 Å². The maximum Gasteiger partial charge on any atom is 0.337 e. The van der Waals surface area contributed by atoms with Crippen LogP contribution in [0.15, 0.2) is 65.9 Å². The molecule has 65 heavy (non-hydrogen) atoms. The van der Waals surface area contributed by atoms with Crippen molar-refractivity contribution in [2.45, 2.75) is 85.9 Å². The average molecular weight is 939 g/mol. The number of halogens is 2. The minimum Gasteiger partial charge on any atom is -0.480 e. The van der Waals surface area contributed by atoms with Crippen molar-refractivity contribution in [2.75, 3.05) is 19.1 Å². The number of benzene rings is 2. The van der Waals surface area contributed by atoms with Crippen LogP contribution in [0.25, 0.3) is 27.0 Å². The number of carboxylic acids is 1. The number of aromatic carboxylic acids is 1. The van der Waals surface area contributed by atoms with Gasteiger partial charge in [0.2, 0.25) is 17.7 Å². The van der Waals surface area contributed by atoms with Crippen LogP contribution in [0.1, 0.15) is 101 Å². The van der Waals surface area contributed by atoms with Crippen LogP contribution >= 0.6 is 34.5 Å². The summed E-state index contributed by atoms with van der Waals surface area (Å²) in [5.74, 6) is 0.583. The molecule has 19 heteroatoms. The van der Waals surface area contributed by atoms with E-state index in [4.69, 9.17) is 32.9 Å². The molecule has 0 aliphatic carbocycles. The molecule has 0 spiro atoms. The highest BCUT2D eigenvalue weighted by atomic mass is 35.5. The second-order valence-corrected chi connectivity index (χ2v) is 17.3. The first-order chi connectivity index (χ1) is 31.3. The lowest BCUT2D eigenvalue weighted by Gasteiger charge is -2.18. The van der Waals surface area contributed by atoms with E-state index in [9.17, 15) is 19.5 Å². The number of fused-ring (bicyclic) bond motifs is 4. The van der Waals surface area contributed by atoms with Crippen molar-refractivity contribution in [3.05, 3.63) is 115 Å². The van der Waals surface area contributed by atoms with Crippen molar-refractivity contribution >= 4 is 74.8 Å². The minimum absolute atomic E-state index is 0.0517. The summed E-state index contributed by atoms with van der Waals surface area (Å²) in [6, 6.07) is 13.8. The number of aromatic amines is 1. The number of hydrogen-bond donors (Lipinski definition) is 3. The van der Waals surface area contributed by atoms with Crippen LogP contribution in [0.3, 0.4) is 0 Å². The number of carbonyl (C=O) groups is 3. The first-order valence-electron chi connectivity index (χ1n) is 21.2. The maximum atomic E-state index is 13.5. The number of aromatic nitrogens is 8. The second kappa shape index (κ2) is 20.2. The third-order valence-electron chi connectivity index (χ3n) is 11.1. The lowest BCUT2D eigenvalue weighted by atomic mass is 9.99. The SMILES string of the molecule is CC.COc1nc(N(C)C(=O)CCCCCn2cc(CNC(=O)CC3N=C(c4ccc(Cl)cc4)c4c(sc(C)c4C)-n4c(C)nnc43)nn2)ccc1-c1cc2c(C(=O)O)c[nH]c2cc1Cl. The predicted octanol–water partition coefficient (Wildman–Crippen LogP) is 9.25. The molecule has 338 valence electrons. The summed E-state index contributed by atoms with van der Waals surface area (Å²) in [5.41, 5.74) is 6.23. The van der Waals surface area contributed by atoms with Gasteiger partial charge < -0.3 is 20.1 Å². The monoisotopic (exact) mass is 937 g/mol. The highest BCUT2D eigenvalue weighted by molar-refractivity contribution is 7.15. The van der Waals surface area contributed by atoms with Crippen LogP contribution in [0.4, 0.5) is 5.82 Å². The number of aryl methyl sites for hydroxylation is 3. The van der Waals surface area contributed by atoms with E-state index in [2.05, 4.69) is 49.6 Å². The van der Waals surface area contributed by atoms with Gasteiger partial charge in [-0.15, -0.1) is 26.6 Å². The van der Waals surface area contributed by atoms with Gasteiger partial charge in [-0.3, -0.25) is 28.7 Å². The number of hydrogen-bond acceptors (Lipinski definition) is 11. The molecule has 8 rings (SSSR count). The Bertz CT molecular complexity index is 2920. The van der Waals surface area contributed by atoms with E-state index in [1.807, 2.05) is 55.8 Å². The van der Waals surface area contributed by atoms with Gasteiger partial charge in [0.25, 0.3) is 0 Å². The molecule has 7 aromatic rings. The summed E-state index contributed by atoms with van der Waals surface area (Å²) >= 11 is 14.5. The Labute approximate surface area is 389 Å². The molecule has 5 aromatic heterocycles. The van der Waals surface area contributed by atoms with E-state index < -0.39 is 12.0 Å². The number of methoxy groups -OCH3 is 1. The predicted molar refractivity (Wildman–Crippen MR) is 253 cm³/mol. The molecule has 1 unspecified atom stereocenters. The largest absolute Gasteiger partial charge is 0.480 e. The van der Waals surface area contributed by atoms with Gasteiger partial charge in [-0.05, 0) is 75.6 Å². The Hall–Kier alpha value is -6.43. The summed E-state index contributed by atoms with van der Waals surface area (Å²) in [6.07, 6.45) is 5.78. The third kappa shape index (κ3) is 9.82. The number of ether oxygens (including phenoxy) is 1. The molecule has 1 aliphatic rings. The zero-order valence-electron chi connectivity index (χ0n) is 37.1. The van der Waals surface area contributed by atoms with Crippen molar-refractivity contribution in [1.82, 2.24) is 45.0 Å². The number of amides is 2.